The van der Waals surface area contributed by atoms with E-state index in [0.29, 0.717) is 32.0 Å². The maximum atomic E-state index is 12.7. The van der Waals surface area contributed by atoms with Gasteiger partial charge in [-0.3, -0.25) is 14.5 Å². The van der Waals surface area contributed by atoms with Gasteiger partial charge in [0.15, 0.2) is 5.13 Å². The zero-order valence-electron chi connectivity index (χ0n) is 16.0. The van der Waals surface area contributed by atoms with Gasteiger partial charge in [-0.1, -0.05) is 12.1 Å². The molecule has 0 unspecified atom stereocenters. The van der Waals surface area contributed by atoms with E-state index in [4.69, 9.17) is 4.74 Å². The largest absolute Gasteiger partial charge is 0.378 e. The fraction of sp³-hybridized carbons (Fsp3) is 0.250. The van der Waals surface area contributed by atoms with E-state index in [1.54, 1.807) is 46.9 Å². The van der Waals surface area contributed by atoms with Crippen molar-refractivity contribution in [3.05, 3.63) is 59.9 Å². The normalized spacial score (nSPS) is 14.5. The van der Waals surface area contributed by atoms with Gasteiger partial charge in [-0.05, 0) is 35.4 Å². The Hall–Kier alpha value is -2.82. The number of anilines is 1. The molecule has 10 heteroatoms. The number of hydrogen-bond acceptors (Lipinski definition) is 7. The molecule has 1 N–H and O–H groups in total. The quantitative estimate of drug-likeness (QED) is 0.627. The molecule has 0 spiro atoms. The van der Waals surface area contributed by atoms with Crippen LogP contribution in [0.5, 0.6) is 0 Å². The van der Waals surface area contributed by atoms with E-state index in [1.807, 2.05) is 12.1 Å². The molecule has 1 saturated heterocycles. The predicted octanol–water partition coefficient (Wildman–Crippen LogP) is 2.41. The van der Waals surface area contributed by atoms with Gasteiger partial charge in [0.1, 0.15) is 0 Å². The van der Waals surface area contributed by atoms with Crippen molar-refractivity contribution in [3.8, 4) is 11.1 Å². The van der Waals surface area contributed by atoms with Gasteiger partial charge in [0, 0.05) is 30.9 Å². The van der Waals surface area contributed by atoms with E-state index < -0.39 is 10.0 Å². The van der Waals surface area contributed by atoms with Crippen LogP contribution in [-0.2, 0) is 26.0 Å². The lowest BCUT2D eigenvalue weighted by Gasteiger charge is -2.26. The first-order chi connectivity index (χ1) is 14.5. The second kappa shape index (κ2) is 8.90. The van der Waals surface area contributed by atoms with Crippen LogP contribution in [0.4, 0.5) is 5.13 Å². The molecular weight excluding hydrogens is 424 g/mol. The number of aromatic nitrogens is 2. The van der Waals surface area contributed by atoms with Gasteiger partial charge in [-0.25, -0.2) is 13.4 Å². The molecule has 0 saturated carbocycles. The molecule has 8 nitrogen and oxygen atoms in total. The van der Waals surface area contributed by atoms with Gasteiger partial charge in [-0.15, -0.1) is 11.3 Å². The van der Waals surface area contributed by atoms with Crippen molar-refractivity contribution in [1.29, 1.82) is 0 Å². The summed E-state index contributed by atoms with van der Waals surface area (Å²) in [6, 6.07) is 10.3. The summed E-state index contributed by atoms with van der Waals surface area (Å²) in [6.07, 6.45) is 3.51. The van der Waals surface area contributed by atoms with Crippen molar-refractivity contribution in [2.45, 2.75) is 11.3 Å². The summed E-state index contributed by atoms with van der Waals surface area (Å²) in [5, 5.41) is 1.93. The highest BCUT2D eigenvalue weighted by Gasteiger charge is 2.20. The Morgan fingerprint density at radius 3 is 2.43 bits per heavy atom. The van der Waals surface area contributed by atoms with E-state index in [9.17, 15) is 13.2 Å². The number of morpholine rings is 1. The minimum absolute atomic E-state index is 0.0373. The van der Waals surface area contributed by atoms with Crippen LogP contribution >= 0.6 is 11.3 Å². The maximum absolute atomic E-state index is 12.7. The molecule has 4 rings (SSSR count). The monoisotopic (exact) mass is 444 g/mol. The standard InChI is InChI=1S/C20H20N4O4S2/c25-19(24-9-11-28-12-10-24)13-17-14-29-20(22-17)23-30(26,27)18-3-1-15(2-4-18)16-5-7-21-8-6-16/h1-8,14H,9-13H2,(H,22,23). The zero-order chi connectivity index (χ0) is 21.0. The summed E-state index contributed by atoms with van der Waals surface area (Å²) in [4.78, 5) is 22.4. The topological polar surface area (TPSA) is 101 Å². The number of nitrogens with zero attached hydrogens (tertiary/aromatic N) is 3. The average molecular weight is 445 g/mol. The lowest BCUT2D eigenvalue weighted by molar-refractivity contribution is -0.134. The Morgan fingerprint density at radius 2 is 1.73 bits per heavy atom. The zero-order valence-corrected chi connectivity index (χ0v) is 17.7. The second-order valence-electron chi connectivity index (χ2n) is 6.68. The van der Waals surface area contributed by atoms with Gasteiger partial charge >= 0.3 is 0 Å². The first-order valence-corrected chi connectivity index (χ1v) is 11.7. The molecule has 3 aromatic rings. The number of carbonyl (C=O) groups is 1. The van der Waals surface area contributed by atoms with Crippen molar-refractivity contribution >= 4 is 32.4 Å². The minimum Gasteiger partial charge on any atom is -0.378 e. The van der Waals surface area contributed by atoms with Gasteiger partial charge < -0.3 is 9.64 Å². The molecule has 1 fully saturated rings. The summed E-state index contributed by atoms with van der Waals surface area (Å²) >= 11 is 1.16. The van der Waals surface area contributed by atoms with Gasteiger partial charge in [0.2, 0.25) is 5.91 Å². The molecule has 3 heterocycles. The highest BCUT2D eigenvalue weighted by atomic mass is 32.2. The Balaban J connectivity index is 1.41. The smallest absolute Gasteiger partial charge is 0.263 e. The second-order valence-corrected chi connectivity index (χ2v) is 9.22. The van der Waals surface area contributed by atoms with Crippen molar-refractivity contribution in [1.82, 2.24) is 14.9 Å². The summed E-state index contributed by atoms with van der Waals surface area (Å²) in [6.45, 7) is 2.21. The molecule has 2 aromatic heterocycles. The van der Waals surface area contributed by atoms with Crippen LogP contribution in [0.1, 0.15) is 5.69 Å². The van der Waals surface area contributed by atoms with E-state index in [0.717, 1.165) is 22.5 Å². The lowest BCUT2D eigenvalue weighted by atomic mass is 10.1. The van der Waals surface area contributed by atoms with Crippen molar-refractivity contribution in [2.24, 2.45) is 0 Å². The molecule has 1 amide bonds. The molecular formula is C20H20N4O4S2. The molecule has 0 radical (unpaired) electrons. The van der Waals surface area contributed by atoms with Crippen LogP contribution in [0, 0.1) is 0 Å². The Kier molecular flexibility index (Phi) is 6.07. The van der Waals surface area contributed by atoms with Gasteiger partial charge in [-0.2, -0.15) is 0 Å². The van der Waals surface area contributed by atoms with Crippen LogP contribution in [0.3, 0.4) is 0 Å². The van der Waals surface area contributed by atoms with Gasteiger partial charge in [0.25, 0.3) is 10.0 Å². The molecule has 0 bridgehead atoms. The SMILES string of the molecule is O=C(Cc1csc(NS(=O)(=O)c2ccc(-c3ccncc3)cc2)n1)N1CCOCC1. The van der Waals surface area contributed by atoms with E-state index in [-0.39, 0.29) is 22.4 Å². The number of sulfonamides is 1. The highest BCUT2D eigenvalue weighted by Crippen LogP contribution is 2.24. The minimum atomic E-state index is -3.77. The summed E-state index contributed by atoms with van der Waals surface area (Å²) in [7, 11) is -3.77. The molecule has 156 valence electrons. The van der Waals surface area contributed by atoms with Crippen molar-refractivity contribution < 1.29 is 17.9 Å². The summed E-state index contributed by atoms with van der Waals surface area (Å²) < 4.78 is 33.1. The third-order valence-corrected chi connectivity index (χ3v) is 6.94. The van der Waals surface area contributed by atoms with Crippen molar-refractivity contribution in [2.75, 3.05) is 31.0 Å². The van der Waals surface area contributed by atoms with Gasteiger partial charge in [0.05, 0.1) is 30.2 Å². The molecule has 30 heavy (non-hydrogen) atoms. The number of thiazole rings is 1. The third-order valence-electron chi connectivity index (χ3n) is 4.65. The number of rotatable bonds is 6. The highest BCUT2D eigenvalue weighted by molar-refractivity contribution is 7.93. The Labute approximate surface area is 178 Å². The molecule has 1 aromatic carbocycles. The average Bonchev–Trinajstić information content (AvgIpc) is 3.21. The molecule has 0 aliphatic carbocycles. The fourth-order valence-corrected chi connectivity index (χ4v) is 5.02. The van der Waals surface area contributed by atoms with Crippen molar-refractivity contribution in [3.63, 3.8) is 0 Å². The van der Waals surface area contributed by atoms with Crippen LogP contribution < -0.4 is 4.72 Å². The number of carbonyl (C=O) groups excluding carboxylic acids is 1. The van der Waals surface area contributed by atoms with Crippen LogP contribution in [0.2, 0.25) is 0 Å². The van der Waals surface area contributed by atoms with Crippen LogP contribution in [0.15, 0.2) is 59.1 Å². The Morgan fingerprint density at radius 1 is 1.07 bits per heavy atom. The molecule has 1 aliphatic rings. The number of ether oxygens (including phenoxy) is 1. The number of benzene rings is 1. The number of hydrogen-bond donors (Lipinski definition) is 1. The molecule has 1 aliphatic heterocycles. The van der Waals surface area contributed by atoms with Crippen LogP contribution in [0.25, 0.3) is 11.1 Å². The van der Waals surface area contributed by atoms with E-state index in [2.05, 4.69) is 14.7 Å². The first-order valence-electron chi connectivity index (χ1n) is 9.34. The summed E-state index contributed by atoms with van der Waals surface area (Å²) in [5.74, 6) is -0.0373. The number of amides is 1. The molecule has 0 atom stereocenters. The first kappa shape index (κ1) is 20.5. The number of nitrogens with one attached hydrogen (secondary N) is 1. The Bertz CT molecular complexity index is 1110. The fourth-order valence-electron chi connectivity index (χ4n) is 3.06. The van der Waals surface area contributed by atoms with Crippen LogP contribution in [-0.4, -0.2) is 55.5 Å². The van der Waals surface area contributed by atoms with E-state index in [1.165, 1.54) is 0 Å². The van der Waals surface area contributed by atoms with E-state index >= 15 is 0 Å². The third kappa shape index (κ3) is 4.84. The predicted molar refractivity (Wildman–Crippen MR) is 114 cm³/mol. The number of pyridine rings is 1. The maximum Gasteiger partial charge on any atom is 0.263 e. The lowest BCUT2D eigenvalue weighted by Crippen LogP contribution is -2.41. The summed E-state index contributed by atoms with van der Waals surface area (Å²) in [5.41, 5.74) is 2.40.